The molecule has 0 aliphatic heterocycles. The average molecular weight is 183 g/mol. The molecular formula is C9H13NO3. The Morgan fingerprint density at radius 1 is 1.46 bits per heavy atom. The van der Waals surface area contributed by atoms with Crippen molar-refractivity contribution in [2.45, 2.75) is 19.3 Å². The van der Waals surface area contributed by atoms with E-state index >= 15 is 0 Å². The Labute approximate surface area is 76.6 Å². The van der Waals surface area contributed by atoms with Crippen LogP contribution < -0.4 is 0 Å². The van der Waals surface area contributed by atoms with Gasteiger partial charge in [0.2, 0.25) is 0 Å². The molecule has 0 heterocycles. The number of Topliss-reactive ketones (excluding diaryl/α,β-unsaturated/α-hetero) is 1. The number of nitrogens with zero attached hydrogens (tertiary/aromatic N) is 1. The summed E-state index contributed by atoms with van der Waals surface area (Å²) in [5.41, 5.74) is 0.305. The van der Waals surface area contributed by atoms with Crippen LogP contribution in [0.2, 0.25) is 0 Å². The zero-order valence-electron chi connectivity index (χ0n) is 7.36. The monoisotopic (exact) mass is 183 g/mol. The summed E-state index contributed by atoms with van der Waals surface area (Å²) in [6.07, 6.45) is 3.09. The van der Waals surface area contributed by atoms with E-state index in [1.54, 1.807) is 0 Å². The molecule has 0 unspecified atom stereocenters. The highest BCUT2D eigenvalue weighted by Crippen LogP contribution is 2.18. The van der Waals surface area contributed by atoms with E-state index in [1.807, 2.05) is 0 Å². The molecule has 4 nitrogen and oxygen atoms in total. The second-order valence-corrected chi connectivity index (χ2v) is 2.90. The van der Waals surface area contributed by atoms with Crippen LogP contribution in [0.1, 0.15) is 19.3 Å². The molecule has 13 heavy (non-hydrogen) atoms. The first-order chi connectivity index (χ1) is 6.25. The first-order valence-corrected chi connectivity index (χ1v) is 4.31. The maximum absolute atomic E-state index is 11.2. The van der Waals surface area contributed by atoms with Crippen molar-refractivity contribution in [3.63, 3.8) is 0 Å². The first kappa shape index (κ1) is 9.92. The Hall–Kier alpha value is -1.16. The van der Waals surface area contributed by atoms with Crippen molar-refractivity contribution in [1.82, 2.24) is 0 Å². The molecule has 0 aromatic carbocycles. The molecule has 0 aromatic rings. The molecule has 0 saturated carbocycles. The van der Waals surface area contributed by atoms with Gasteiger partial charge in [0.25, 0.3) is 0 Å². The first-order valence-electron chi connectivity index (χ1n) is 4.31. The molecule has 0 spiro atoms. The highest BCUT2D eigenvalue weighted by atomic mass is 16.3. The summed E-state index contributed by atoms with van der Waals surface area (Å²) in [5.74, 6) is 0.0587. The minimum Gasteiger partial charge on any atom is -0.512 e. The third kappa shape index (κ3) is 2.66. The van der Waals surface area contributed by atoms with Gasteiger partial charge in [0.05, 0.1) is 18.7 Å². The molecule has 72 valence electrons. The predicted octanol–water partition coefficient (Wildman–Crippen LogP) is 0.615. The molecule has 1 aliphatic carbocycles. The van der Waals surface area contributed by atoms with Gasteiger partial charge in [-0.15, -0.1) is 0 Å². The standard InChI is InChI=1S/C9H13NO3/c11-5-4-10-6-7-8(12)2-1-3-9(7)13/h6,11-12H,1-5H2. The lowest BCUT2D eigenvalue weighted by atomic mass is 9.97. The van der Waals surface area contributed by atoms with E-state index in [2.05, 4.69) is 4.99 Å². The van der Waals surface area contributed by atoms with Crippen LogP contribution in [0.25, 0.3) is 0 Å². The smallest absolute Gasteiger partial charge is 0.167 e. The van der Waals surface area contributed by atoms with Gasteiger partial charge in [-0.1, -0.05) is 0 Å². The number of aliphatic hydroxyl groups excluding tert-OH is 2. The van der Waals surface area contributed by atoms with Crippen molar-refractivity contribution in [3.05, 3.63) is 11.3 Å². The van der Waals surface area contributed by atoms with E-state index in [0.717, 1.165) is 0 Å². The van der Waals surface area contributed by atoms with Gasteiger partial charge < -0.3 is 10.2 Å². The van der Waals surface area contributed by atoms with Gasteiger partial charge in [0.1, 0.15) is 5.76 Å². The minimum atomic E-state index is -0.0644. The number of allylic oxidation sites excluding steroid dienone is 2. The fourth-order valence-corrected chi connectivity index (χ4v) is 1.21. The number of rotatable bonds is 3. The Balaban J connectivity index is 2.68. The zero-order valence-corrected chi connectivity index (χ0v) is 7.36. The number of carbonyl (C=O) groups is 1. The second kappa shape index (κ2) is 4.77. The van der Waals surface area contributed by atoms with Crippen molar-refractivity contribution in [2.24, 2.45) is 4.99 Å². The Kier molecular flexibility index (Phi) is 3.64. The van der Waals surface area contributed by atoms with Crippen LogP contribution in [-0.4, -0.2) is 35.4 Å². The van der Waals surface area contributed by atoms with E-state index in [1.165, 1.54) is 6.21 Å². The van der Waals surface area contributed by atoms with Crippen LogP contribution in [0.3, 0.4) is 0 Å². The van der Waals surface area contributed by atoms with Gasteiger partial charge >= 0.3 is 0 Å². The lowest BCUT2D eigenvalue weighted by Crippen LogP contribution is -2.12. The minimum absolute atomic E-state index is 0.0429. The van der Waals surface area contributed by atoms with E-state index in [0.29, 0.717) is 24.8 Å². The summed E-state index contributed by atoms with van der Waals surface area (Å²) < 4.78 is 0. The van der Waals surface area contributed by atoms with Gasteiger partial charge in [-0.05, 0) is 6.42 Å². The van der Waals surface area contributed by atoms with Crippen LogP contribution >= 0.6 is 0 Å². The zero-order chi connectivity index (χ0) is 9.68. The largest absolute Gasteiger partial charge is 0.512 e. The summed E-state index contributed by atoms with van der Waals surface area (Å²) in [6.45, 7) is 0.225. The number of hydrogen-bond donors (Lipinski definition) is 2. The highest BCUT2D eigenvalue weighted by molar-refractivity contribution is 6.14. The van der Waals surface area contributed by atoms with Crippen LogP contribution in [0.4, 0.5) is 0 Å². The number of aliphatic imine (C=N–C) groups is 1. The molecule has 0 aromatic heterocycles. The van der Waals surface area contributed by atoms with Crippen LogP contribution in [0.5, 0.6) is 0 Å². The Morgan fingerprint density at radius 3 is 2.85 bits per heavy atom. The van der Waals surface area contributed by atoms with Gasteiger partial charge in [-0.25, -0.2) is 0 Å². The molecule has 4 heteroatoms. The number of aliphatic hydroxyl groups is 2. The SMILES string of the molecule is O=C1CCCC(O)=C1C=NCCO. The van der Waals surface area contributed by atoms with Crippen molar-refractivity contribution < 1.29 is 15.0 Å². The van der Waals surface area contributed by atoms with E-state index < -0.39 is 0 Å². The maximum atomic E-state index is 11.2. The molecule has 0 fully saturated rings. The predicted molar refractivity (Wildman–Crippen MR) is 49.0 cm³/mol. The van der Waals surface area contributed by atoms with Crippen molar-refractivity contribution in [1.29, 1.82) is 0 Å². The third-order valence-corrected chi connectivity index (χ3v) is 1.88. The molecule has 0 atom stereocenters. The van der Waals surface area contributed by atoms with E-state index in [-0.39, 0.29) is 24.7 Å². The van der Waals surface area contributed by atoms with Crippen molar-refractivity contribution in [2.75, 3.05) is 13.2 Å². The normalized spacial score (nSPS) is 18.7. The fraction of sp³-hybridized carbons (Fsp3) is 0.556. The molecule has 1 rings (SSSR count). The number of ketones is 1. The van der Waals surface area contributed by atoms with Gasteiger partial charge in [-0.2, -0.15) is 0 Å². The number of carbonyl (C=O) groups excluding carboxylic acids is 1. The van der Waals surface area contributed by atoms with Gasteiger partial charge in [0.15, 0.2) is 5.78 Å². The quantitative estimate of drug-likeness (QED) is 0.630. The Morgan fingerprint density at radius 2 is 2.23 bits per heavy atom. The van der Waals surface area contributed by atoms with Crippen LogP contribution in [0.15, 0.2) is 16.3 Å². The molecule has 1 aliphatic rings. The summed E-state index contributed by atoms with van der Waals surface area (Å²) in [5, 5.41) is 17.8. The van der Waals surface area contributed by atoms with E-state index in [9.17, 15) is 9.90 Å². The molecule has 0 radical (unpaired) electrons. The summed E-state index contributed by atoms with van der Waals surface area (Å²) in [4.78, 5) is 15.0. The maximum Gasteiger partial charge on any atom is 0.167 e. The van der Waals surface area contributed by atoms with E-state index in [4.69, 9.17) is 5.11 Å². The lowest BCUT2D eigenvalue weighted by molar-refractivity contribution is -0.115. The summed E-state index contributed by atoms with van der Waals surface area (Å²) in [7, 11) is 0. The molecule has 2 N–H and O–H groups in total. The highest BCUT2D eigenvalue weighted by Gasteiger charge is 2.17. The van der Waals surface area contributed by atoms with Crippen LogP contribution in [-0.2, 0) is 4.79 Å². The molecule has 0 bridgehead atoms. The van der Waals surface area contributed by atoms with Gasteiger partial charge in [-0.3, -0.25) is 9.79 Å². The third-order valence-electron chi connectivity index (χ3n) is 1.88. The van der Waals surface area contributed by atoms with Crippen LogP contribution in [0, 0.1) is 0 Å². The topological polar surface area (TPSA) is 69.9 Å². The Bertz CT molecular complexity index is 256. The average Bonchev–Trinajstić information content (AvgIpc) is 2.10. The number of hydrogen-bond acceptors (Lipinski definition) is 4. The van der Waals surface area contributed by atoms with Gasteiger partial charge in [0, 0.05) is 19.1 Å². The molecule has 0 amide bonds. The second-order valence-electron chi connectivity index (χ2n) is 2.90. The lowest BCUT2D eigenvalue weighted by Gasteiger charge is -2.10. The summed E-state index contributed by atoms with van der Waals surface area (Å²) >= 11 is 0. The molecule has 0 saturated heterocycles. The summed E-state index contributed by atoms with van der Waals surface area (Å²) in [6, 6.07) is 0. The fourth-order valence-electron chi connectivity index (χ4n) is 1.21. The molecular weight excluding hydrogens is 170 g/mol. The van der Waals surface area contributed by atoms with Crippen molar-refractivity contribution in [3.8, 4) is 0 Å². The van der Waals surface area contributed by atoms with Crippen molar-refractivity contribution >= 4 is 12.0 Å².